The summed E-state index contributed by atoms with van der Waals surface area (Å²) in [7, 11) is 0. The topological polar surface area (TPSA) is 24.9 Å². The predicted molar refractivity (Wildman–Crippen MR) is 59.8 cm³/mol. The molecule has 0 bridgehead atoms. The van der Waals surface area contributed by atoms with E-state index in [1.54, 1.807) is 0 Å². The molecular formula is C12H18N2. The molecule has 76 valence electrons. The Kier molecular flexibility index (Phi) is 2.71. The van der Waals surface area contributed by atoms with Gasteiger partial charge in [0.25, 0.3) is 0 Å². The molecule has 0 aliphatic carbocycles. The van der Waals surface area contributed by atoms with Gasteiger partial charge in [0, 0.05) is 12.2 Å². The second kappa shape index (κ2) is 3.99. The minimum atomic E-state index is 1.04. The fourth-order valence-electron chi connectivity index (χ4n) is 2.08. The van der Waals surface area contributed by atoms with Gasteiger partial charge in [-0.25, -0.2) is 4.98 Å². The van der Waals surface area contributed by atoms with Crippen molar-refractivity contribution in [3.8, 4) is 0 Å². The van der Waals surface area contributed by atoms with E-state index in [2.05, 4.69) is 25.2 Å². The Morgan fingerprint density at radius 1 is 1.36 bits per heavy atom. The van der Waals surface area contributed by atoms with Gasteiger partial charge in [-0.1, -0.05) is 19.9 Å². The summed E-state index contributed by atoms with van der Waals surface area (Å²) in [5, 5.41) is 3.38. The number of anilines is 1. The van der Waals surface area contributed by atoms with Gasteiger partial charge in [-0.15, -0.1) is 0 Å². The number of nitrogens with zero attached hydrogens (tertiary/aromatic N) is 1. The van der Waals surface area contributed by atoms with Crippen LogP contribution in [0.15, 0.2) is 6.07 Å². The molecule has 2 rings (SSSR count). The molecule has 0 unspecified atom stereocenters. The normalized spacial score (nSPS) is 14.7. The van der Waals surface area contributed by atoms with Gasteiger partial charge >= 0.3 is 0 Å². The van der Waals surface area contributed by atoms with Crippen LogP contribution >= 0.6 is 0 Å². The lowest BCUT2D eigenvalue weighted by Gasteiger charge is -2.19. The Morgan fingerprint density at radius 3 is 2.93 bits per heavy atom. The summed E-state index contributed by atoms with van der Waals surface area (Å²) in [6.07, 6.45) is 4.57. The molecule has 0 aromatic carbocycles. The molecule has 1 N–H and O–H groups in total. The van der Waals surface area contributed by atoms with Gasteiger partial charge in [-0.05, 0) is 36.8 Å². The zero-order chi connectivity index (χ0) is 9.97. The van der Waals surface area contributed by atoms with E-state index in [-0.39, 0.29) is 0 Å². The van der Waals surface area contributed by atoms with Crippen molar-refractivity contribution >= 4 is 5.82 Å². The molecule has 1 aromatic heterocycles. The third-order valence-corrected chi connectivity index (χ3v) is 2.90. The van der Waals surface area contributed by atoms with Gasteiger partial charge in [0.2, 0.25) is 0 Å². The summed E-state index contributed by atoms with van der Waals surface area (Å²) in [5.74, 6) is 1.13. The number of aryl methyl sites for hydroxylation is 3. The molecule has 1 aliphatic rings. The highest BCUT2D eigenvalue weighted by molar-refractivity contribution is 5.49. The van der Waals surface area contributed by atoms with Crippen LogP contribution in [0.1, 0.15) is 37.1 Å². The largest absolute Gasteiger partial charge is 0.370 e. The first-order chi connectivity index (χ1) is 6.85. The molecule has 0 saturated heterocycles. The molecule has 0 amide bonds. The van der Waals surface area contributed by atoms with Gasteiger partial charge < -0.3 is 5.32 Å². The van der Waals surface area contributed by atoms with Crippen molar-refractivity contribution in [1.29, 1.82) is 0 Å². The number of aromatic nitrogens is 1. The molecular weight excluding hydrogens is 172 g/mol. The minimum Gasteiger partial charge on any atom is -0.370 e. The second-order valence-electron chi connectivity index (χ2n) is 3.84. The maximum absolute atomic E-state index is 4.69. The van der Waals surface area contributed by atoms with Gasteiger partial charge in [-0.3, -0.25) is 0 Å². The van der Waals surface area contributed by atoms with E-state index in [1.165, 1.54) is 29.7 Å². The van der Waals surface area contributed by atoms with Crippen LogP contribution in [0, 0.1) is 0 Å². The molecule has 2 heteroatoms. The summed E-state index contributed by atoms with van der Waals surface area (Å²) in [4.78, 5) is 4.69. The lowest BCUT2D eigenvalue weighted by Crippen LogP contribution is -2.15. The molecule has 0 radical (unpaired) electrons. The molecule has 0 fully saturated rings. The average molecular weight is 190 g/mol. The zero-order valence-electron chi connectivity index (χ0n) is 9.06. The Morgan fingerprint density at radius 2 is 2.21 bits per heavy atom. The molecule has 1 aliphatic heterocycles. The van der Waals surface area contributed by atoms with E-state index in [1.807, 2.05) is 0 Å². The average Bonchev–Trinajstić information content (AvgIpc) is 2.27. The third-order valence-electron chi connectivity index (χ3n) is 2.90. The van der Waals surface area contributed by atoms with Gasteiger partial charge in [-0.2, -0.15) is 0 Å². The molecule has 0 saturated carbocycles. The van der Waals surface area contributed by atoms with E-state index in [0.29, 0.717) is 0 Å². The third kappa shape index (κ3) is 1.61. The molecule has 2 heterocycles. The van der Waals surface area contributed by atoms with Crippen LogP contribution in [-0.2, 0) is 19.3 Å². The number of hydrogen-bond acceptors (Lipinski definition) is 2. The van der Waals surface area contributed by atoms with Crippen LogP contribution in [0.4, 0.5) is 5.82 Å². The highest BCUT2D eigenvalue weighted by atomic mass is 15.0. The van der Waals surface area contributed by atoms with E-state index >= 15 is 0 Å². The first-order valence-corrected chi connectivity index (χ1v) is 5.60. The van der Waals surface area contributed by atoms with Crippen LogP contribution < -0.4 is 5.32 Å². The van der Waals surface area contributed by atoms with Crippen molar-refractivity contribution in [1.82, 2.24) is 4.98 Å². The van der Waals surface area contributed by atoms with E-state index in [4.69, 9.17) is 4.98 Å². The summed E-state index contributed by atoms with van der Waals surface area (Å²) in [5.41, 5.74) is 4.10. The summed E-state index contributed by atoms with van der Waals surface area (Å²) in [6.45, 7) is 5.46. The lowest BCUT2D eigenvalue weighted by atomic mass is 10.0. The maximum atomic E-state index is 4.69. The monoisotopic (exact) mass is 190 g/mol. The summed E-state index contributed by atoms with van der Waals surface area (Å²) in [6, 6.07) is 2.34. The first-order valence-electron chi connectivity index (χ1n) is 5.60. The zero-order valence-corrected chi connectivity index (χ0v) is 9.06. The van der Waals surface area contributed by atoms with Crippen molar-refractivity contribution in [2.24, 2.45) is 0 Å². The van der Waals surface area contributed by atoms with Crippen LogP contribution in [0.3, 0.4) is 0 Å². The van der Waals surface area contributed by atoms with Crippen molar-refractivity contribution in [3.63, 3.8) is 0 Å². The fraction of sp³-hybridized carbons (Fsp3) is 0.583. The predicted octanol–water partition coefficient (Wildman–Crippen LogP) is 2.56. The van der Waals surface area contributed by atoms with Crippen LogP contribution in [0.25, 0.3) is 0 Å². The number of nitrogens with one attached hydrogen (secondary N) is 1. The van der Waals surface area contributed by atoms with Crippen LogP contribution in [0.5, 0.6) is 0 Å². The second-order valence-corrected chi connectivity index (χ2v) is 3.84. The number of pyridine rings is 1. The van der Waals surface area contributed by atoms with Crippen molar-refractivity contribution in [2.75, 3.05) is 11.9 Å². The molecule has 0 atom stereocenters. The first kappa shape index (κ1) is 9.50. The molecule has 2 nitrogen and oxygen atoms in total. The Bertz CT molecular complexity index is 287. The van der Waals surface area contributed by atoms with Gasteiger partial charge in [0.05, 0.1) is 0 Å². The van der Waals surface area contributed by atoms with Crippen molar-refractivity contribution < 1.29 is 0 Å². The van der Waals surface area contributed by atoms with Gasteiger partial charge in [0.1, 0.15) is 5.82 Å². The number of fused-ring (bicyclic) bond motifs is 1. The number of hydrogen-bond donors (Lipinski definition) is 1. The highest BCUT2D eigenvalue weighted by Gasteiger charge is 2.12. The summed E-state index contributed by atoms with van der Waals surface area (Å²) < 4.78 is 0. The van der Waals surface area contributed by atoms with E-state index < -0.39 is 0 Å². The lowest BCUT2D eigenvalue weighted by molar-refractivity contribution is 0.803. The standard InChI is InChI=1S/C12H18N2/c1-3-9-8-10-6-5-7-13-12(10)14-11(9)4-2/h8H,3-7H2,1-2H3,(H,13,14). The van der Waals surface area contributed by atoms with Crippen LogP contribution in [-0.4, -0.2) is 11.5 Å². The van der Waals surface area contributed by atoms with E-state index in [0.717, 1.165) is 25.2 Å². The Labute approximate surface area is 85.7 Å². The Hall–Kier alpha value is -1.05. The SMILES string of the molecule is CCc1cc2c(nc1CC)NCCC2. The smallest absolute Gasteiger partial charge is 0.129 e. The quantitative estimate of drug-likeness (QED) is 0.775. The molecule has 0 spiro atoms. The molecule has 14 heavy (non-hydrogen) atoms. The Balaban J connectivity index is 2.43. The van der Waals surface area contributed by atoms with Gasteiger partial charge in [0.15, 0.2) is 0 Å². The number of rotatable bonds is 2. The van der Waals surface area contributed by atoms with Crippen LogP contribution in [0.2, 0.25) is 0 Å². The highest BCUT2D eigenvalue weighted by Crippen LogP contribution is 2.23. The maximum Gasteiger partial charge on any atom is 0.129 e. The van der Waals surface area contributed by atoms with E-state index in [9.17, 15) is 0 Å². The fourth-order valence-corrected chi connectivity index (χ4v) is 2.08. The summed E-state index contributed by atoms with van der Waals surface area (Å²) >= 11 is 0. The van der Waals surface area contributed by atoms with Crippen molar-refractivity contribution in [2.45, 2.75) is 39.5 Å². The molecule has 1 aromatic rings. The minimum absolute atomic E-state index is 1.04. The van der Waals surface area contributed by atoms with Crippen molar-refractivity contribution in [3.05, 3.63) is 22.9 Å².